The number of carbonyl (C=O) groups is 3. The Morgan fingerprint density at radius 3 is 2.44 bits per heavy atom. The summed E-state index contributed by atoms with van der Waals surface area (Å²) >= 11 is 3.27. The van der Waals surface area contributed by atoms with Crippen molar-refractivity contribution in [1.29, 1.82) is 0 Å². The number of aliphatic carboxylic acids is 1. The van der Waals surface area contributed by atoms with Crippen molar-refractivity contribution in [3.63, 3.8) is 0 Å². The zero-order valence-corrected chi connectivity index (χ0v) is 10.8. The summed E-state index contributed by atoms with van der Waals surface area (Å²) in [6.07, 6.45) is 0.00430. The lowest BCUT2D eigenvalue weighted by atomic mass is 9.80. The highest BCUT2D eigenvalue weighted by molar-refractivity contribution is 9.10. The summed E-state index contributed by atoms with van der Waals surface area (Å²) in [6, 6.07) is 6.95. The molecule has 0 saturated carbocycles. The number of halogens is 1. The molecule has 1 fully saturated rings. The van der Waals surface area contributed by atoms with Crippen LogP contribution in [0.25, 0.3) is 0 Å². The van der Waals surface area contributed by atoms with Gasteiger partial charge in [0.25, 0.3) is 0 Å². The second kappa shape index (κ2) is 4.89. The van der Waals surface area contributed by atoms with Crippen LogP contribution in [0.1, 0.15) is 17.9 Å². The van der Waals surface area contributed by atoms with Crippen molar-refractivity contribution in [2.45, 2.75) is 12.3 Å². The summed E-state index contributed by atoms with van der Waals surface area (Å²) in [7, 11) is 0. The number of nitrogens with one attached hydrogen (secondary N) is 1. The number of hydrogen-bond acceptors (Lipinski definition) is 3. The van der Waals surface area contributed by atoms with Gasteiger partial charge in [0.2, 0.25) is 11.8 Å². The number of carboxylic acids is 1. The molecule has 1 aliphatic heterocycles. The zero-order chi connectivity index (χ0) is 13.3. The van der Waals surface area contributed by atoms with E-state index in [0.717, 1.165) is 4.47 Å². The predicted octanol–water partition coefficient (Wildman–Crippen LogP) is 1.28. The van der Waals surface area contributed by atoms with Gasteiger partial charge in [-0.25, -0.2) is 0 Å². The minimum absolute atomic E-state index is 0.00430. The Balaban J connectivity index is 2.37. The van der Waals surface area contributed by atoms with Crippen molar-refractivity contribution in [2.75, 3.05) is 0 Å². The Bertz CT molecular complexity index is 511. The van der Waals surface area contributed by atoms with Gasteiger partial charge in [-0.05, 0) is 17.7 Å². The molecule has 1 heterocycles. The largest absolute Gasteiger partial charge is 0.481 e. The molecule has 18 heavy (non-hydrogen) atoms. The molecule has 2 N–H and O–H groups in total. The molecule has 1 aromatic carbocycles. The maximum Gasteiger partial charge on any atom is 0.316 e. The first-order valence-corrected chi connectivity index (χ1v) is 6.10. The van der Waals surface area contributed by atoms with E-state index in [1.807, 2.05) is 0 Å². The summed E-state index contributed by atoms with van der Waals surface area (Å²) in [5.74, 6) is -4.23. The molecule has 0 spiro atoms. The highest BCUT2D eigenvalue weighted by atomic mass is 79.9. The molecule has 0 aromatic heterocycles. The lowest BCUT2D eigenvalue weighted by molar-refractivity contribution is -0.151. The number of imide groups is 1. The topological polar surface area (TPSA) is 83.5 Å². The maximum absolute atomic E-state index is 11.6. The molecule has 0 bridgehead atoms. The van der Waals surface area contributed by atoms with Gasteiger partial charge in [-0.15, -0.1) is 0 Å². The van der Waals surface area contributed by atoms with E-state index in [0.29, 0.717) is 5.56 Å². The van der Waals surface area contributed by atoms with E-state index in [4.69, 9.17) is 5.11 Å². The van der Waals surface area contributed by atoms with Crippen LogP contribution in [-0.2, 0) is 14.4 Å². The Labute approximate surface area is 111 Å². The van der Waals surface area contributed by atoms with Crippen molar-refractivity contribution < 1.29 is 19.5 Å². The van der Waals surface area contributed by atoms with Crippen LogP contribution < -0.4 is 5.32 Å². The number of hydrogen-bond donors (Lipinski definition) is 2. The lowest BCUT2D eigenvalue weighted by Crippen LogP contribution is -2.47. The summed E-state index contributed by atoms with van der Waals surface area (Å²) in [6.45, 7) is 0. The fourth-order valence-electron chi connectivity index (χ4n) is 2.07. The van der Waals surface area contributed by atoms with Crippen molar-refractivity contribution in [3.05, 3.63) is 34.3 Å². The fraction of sp³-hybridized carbons (Fsp3) is 0.250. The maximum atomic E-state index is 11.6. The van der Waals surface area contributed by atoms with Gasteiger partial charge in [0.05, 0.1) is 0 Å². The average Bonchev–Trinajstić information content (AvgIpc) is 2.28. The quantitative estimate of drug-likeness (QED) is 0.636. The van der Waals surface area contributed by atoms with E-state index >= 15 is 0 Å². The molecule has 94 valence electrons. The average molecular weight is 312 g/mol. The van der Waals surface area contributed by atoms with Gasteiger partial charge in [-0.3, -0.25) is 19.7 Å². The standard InChI is InChI=1S/C12H10BrNO4/c13-7-3-1-6(2-4-7)8-5-9(15)14-11(16)10(8)12(17)18/h1-4,8,10H,5H2,(H,17,18)(H,14,15,16)/t8-,10-/m0/s1. The highest BCUT2D eigenvalue weighted by Crippen LogP contribution is 2.32. The van der Waals surface area contributed by atoms with Crippen molar-refractivity contribution in [2.24, 2.45) is 5.92 Å². The molecule has 1 aliphatic rings. The van der Waals surface area contributed by atoms with Crippen LogP contribution in [0.15, 0.2) is 28.7 Å². The number of carboxylic acid groups (broad SMARTS) is 1. The van der Waals surface area contributed by atoms with E-state index in [9.17, 15) is 14.4 Å². The number of piperidine rings is 1. The minimum atomic E-state index is -1.22. The Hall–Kier alpha value is -1.69. The Morgan fingerprint density at radius 1 is 1.28 bits per heavy atom. The van der Waals surface area contributed by atoms with Gasteiger partial charge < -0.3 is 5.11 Å². The van der Waals surface area contributed by atoms with E-state index in [2.05, 4.69) is 21.2 Å². The van der Waals surface area contributed by atoms with E-state index in [1.165, 1.54) is 0 Å². The van der Waals surface area contributed by atoms with Crippen LogP contribution >= 0.6 is 15.9 Å². The highest BCUT2D eigenvalue weighted by Gasteiger charge is 2.41. The zero-order valence-electron chi connectivity index (χ0n) is 9.22. The lowest BCUT2D eigenvalue weighted by Gasteiger charge is -2.27. The molecule has 0 radical (unpaired) electrons. The predicted molar refractivity (Wildman–Crippen MR) is 65.8 cm³/mol. The molecular weight excluding hydrogens is 302 g/mol. The monoisotopic (exact) mass is 311 g/mol. The van der Waals surface area contributed by atoms with Crippen molar-refractivity contribution >= 4 is 33.7 Å². The van der Waals surface area contributed by atoms with Gasteiger partial charge in [0.1, 0.15) is 5.92 Å². The van der Waals surface area contributed by atoms with Gasteiger partial charge >= 0.3 is 5.97 Å². The molecule has 6 heteroatoms. The molecule has 5 nitrogen and oxygen atoms in total. The van der Waals surface area contributed by atoms with Crippen LogP contribution in [0.3, 0.4) is 0 Å². The van der Waals surface area contributed by atoms with Crippen molar-refractivity contribution in [1.82, 2.24) is 5.32 Å². The van der Waals surface area contributed by atoms with Crippen LogP contribution in [0, 0.1) is 5.92 Å². The molecule has 2 rings (SSSR count). The van der Waals surface area contributed by atoms with Gasteiger partial charge in [-0.2, -0.15) is 0 Å². The Kier molecular flexibility index (Phi) is 3.47. The smallest absolute Gasteiger partial charge is 0.316 e. The van der Waals surface area contributed by atoms with E-state index < -0.39 is 29.6 Å². The van der Waals surface area contributed by atoms with Gasteiger partial charge in [0, 0.05) is 16.8 Å². The van der Waals surface area contributed by atoms with Crippen LogP contribution in [-0.4, -0.2) is 22.9 Å². The molecule has 1 aromatic rings. The number of benzene rings is 1. The third-order valence-electron chi connectivity index (χ3n) is 2.92. The molecular formula is C12H10BrNO4. The number of carbonyl (C=O) groups excluding carboxylic acids is 2. The second-order valence-corrected chi connectivity index (χ2v) is 5.01. The molecule has 2 atom stereocenters. The third-order valence-corrected chi connectivity index (χ3v) is 3.45. The minimum Gasteiger partial charge on any atom is -0.481 e. The van der Waals surface area contributed by atoms with Gasteiger partial charge in [0.15, 0.2) is 0 Å². The van der Waals surface area contributed by atoms with Crippen LogP contribution in [0.5, 0.6) is 0 Å². The third kappa shape index (κ3) is 2.43. The first-order valence-electron chi connectivity index (χ1n) is 5.31. The van der Waals surface area contributed by atoms with E-state index in [1.54, 1.807) is 24.3 Å². The molecule has 1 saturated heterocycles. The van der Waals surface area contributed by atoms with Crippen molar-refractivity contribution in [3.8, 4) is 0 Å². The summed E-state index contributed by atoms with van der Waals surface area (Å²) < 4.78 is 0.852. The fourth-order valence-corrected chi connectivity index (χ4v) is 2.34. The molecule has 0 aliphatic carbocycles. The van der Waals surface area contributed by atoms with E-state index in [-0.39, 0.29) is 6.42 Å². The normalized spacial score (nSPS) is 23.6. The Morgan fingerprint density at radius 2 is 1.89 bits per heavy atom. The number of amides is 2. The van der Waals surface area contributed by atoms with Gasteiger partial charge in [-0.1, -0.05) is 28.1 Å². The summed E-state index contributed by atoms with van der Waals surface area (Å²) in [5, 5.41) is 11.2. The van der Waals surface area contributed by atoms with Crippen LogP contribution in [0.4, 0.5) is 0 Å². The summed E-state index contributed by atoms with van der Waals surface area (Å²) in [4.78, 5) is 34.1. The van der Waals surface area contributed by atoms with Crippen LogP contribution in [0.2, 0.25) is 0 Å². The SMILES string of the molecule is O=C1C[C@@H](c2ccc(Br)cc2)[C@H](C(=O)O)C(=O)N1. The first kappa shape index (κ1) is 12.8. The first-order chi connectivity index (χ1) is 8.49. The second-order valence-electron chi connectivity index (χ2n) is 4.09. The molecule has 0 unspecified atom stereocenters. The number of rotatable bonds is 2. The summed E-state index contributed by atoms with van der Waals surface area (Å²) in [5.41, 5.74) is 0.675. The molecule has 2 amide bonds.